The number of benzene rings is 1. The Bertz CT molecular complexity index is 403. The number of carboxylic acid groups (broad SMARTS) is 1. The van der Waals surface area contributed by atoms with Gasteiger partial charge in [0, 0.05) is 11.4 Å². The van der Waals surface area contributed by atoms with Crippen LogP contribution in [0.15, 0.2) is 24.3 Å². The van der Waals surface area contributed by atoms with Crippen LogP contribution in [0.25, 0.3) is 0 Å². The molecule has 6 nitrogen and oxygen atoms in total. The van der Waals surface area contributed by atoms with E-state index in [1.165, 1.54) is 4.90 Å². The maximum Gasteiger partial charge on any atom is 0.317 e. The summed E-state index contributed by atoms with van der Waals surface area (Å²) in [5.41, 5.74) is 6.76. The van der Waals surface area contributed by atoms with Crippen LogP contribution < -0.4 is 11.1 Å². The van der Waals surface area contributed by atoms with Crippen molar-refractivity contribution in [1.82, 2.24) is 4.90 Å². The molecule has 92 valence electrons. The highest BCUT2D eigenvalue weighted by atomic mass is 16.4. The van der Waals surface area contributed by atoms with Crippen LogP contribution in [0.2, 0.25) is 0 Å². The highest BCUT2D eigenvalue weighted by Gasteiger charge is 2.09. The number of nitrogens with one attached hydrogen (secondary N) is 1. The maximum absolute atomic E-state index is 11.5. The molecule has 17 heavy (non-hydrogen) atoms. The Balaban J connectivity index is 2.44. The molecule has 1 amide bonds. The average molecular weight is 237 g/mol. The van der Waals surface area contributed by atoms with Crippen molar-refractivity contribution >= 4 is 23.3 Å². The first-order valence-electron chi connectivity index (χ1n) is 5.03. The molecule has 0 spiro atoms. The van der Waals surface area contributed by atoms with Gasteiger partial charge in [0.05, 0.1) is 13.1 Å². The van der Waals surface area contributed by atoms with Gasteiger partial charge in [-0.2, -0.15) is 0 Å². The van der Waals surface area contributed by atoms with Crippen molar-refractivity contribution in [1.29, 1.82) is 0 Å². The molecule has 0 saturated heterocycles. The zero-order valence-electron chi connectivity index (χ0n) is 9.51. The fourth-order valence-electron chi connectivity index (χ4n) is 1.30. The molecule has 0 fully saturated rings. The van der Waals surface area contributed by atoms with Gasteiger partial charge in [0.1, 0.15) is 0 Å². The van der Waals surface area contributed by atoms with Crippen molar-refractivity contribution in [3.8, 4) is 0 Å². The number of nitrogen functional groups attached to an aromatic ring is 1. The van der Waals surface area contributed by atoms with Crippen molar-refractivity contribution in [2.24, 2.45) is 0 Å². The average Bonchev–Trinajstić information content (AvgIpc) is 2.19. The second kappa shape index (κ2) is 5.86. The molecule has 0 bridgehead atoms. The number of rotatable bonds is 5. The second-order valence-electron chi connectivity index (χ2n) is 3.74. The summed E-state index contributed by atoms with van der Waals surface area (Å²) in [5.74, 6) is -1.23. The minimum Gasteiger partial charge on any atom is -0.480 e. The van der Waals surface area contributed by atoms with Gasteiger partial charge in [-0.05, 0) is 31.3 Å². The number of hydrogen-bond donors (Lipinski definition) is 3. The third-order valence-corrected chi connectivity index (χ3v) is 2.01. The van der Waals surface area contributed by atoms with Gasteiger partial charge in [0.2, 0.25) is 5.91 Å². The van der Waals surface area contributed by atoms with Crippen LogP contribution >= 0.6 is 0 Å². The molecule has 0 aliphatic rings. The Morgan fingerprint density at radius 2 is 1.88 bits per heavy atom. The van der Waals surface area contributed by atoms with Crippen LogP contribution in [0.1, 0.15) is 0 Å². The number of amides is 1. The Hall–Kier alpha value is -2.08. The molecular weight excluding hydrogens is 222 g/mol. The summed E-state index contributed by atoms with van der Waals surface area (Å²) in [5, 5.41) is 11.2. The van der Waals surface area contributed by atoms with E-state index in [-0.39, 0.29) is 19.0 Å². The zero-order chi connectivity index (χ0) is 12.8. The van der Waals surface area contributed by atoms with Crippen LogP contribution in [0.5, 0.6) is 0 Å². The van der Waals surface area contributed by atoms with Crippen molar-refractivity contribution in [2.75, 3.05) is 31.2 Å². The van der Waals surface area contributed by atoms with Gasteiger partial charge < -0.3 is 16.2 Å². The van der Waals surface area contributed by atoms with E-state index in [1.807, 2.05) is 0 Å². The van der Waals surface area contributed by atoms with Gasteiger partial charge in [-0.25, -0.2) is 0 Å². The highest BCUT2D eigenvalue weighted by molar-refractivity contribution is 5.92. The van der Waals surface area contributed by atoms with Crippen molar-refractivity contribution in [2.45, 2.75) is 0 Å². The minimum absolute atomic E-state index is 0.0245. The molecule has 0 aliphatic heterocycles. The van der Waals surface area contributed by atoms with Gasteiger partial charge >= 0.3 is 5.97 Å². The lowest BCUT2D eigenvalue weighted by atomic mass is 10.3. The topological polar surface area (TPSA) is 95.7 Å². The first kappa shape index (κ1) is 13.0. The van der Waals surface area contributed by atoms with E-state index in [0.717, 1.165) is 0 Å². The van der Waals surface area contributed by atoms with E-state index < -0.39 is 5.97 Å². The first-order valence-corrected chi connectivity index (χ1v) is 5.03. The summed E-state index contributed by atoms with van der Waals surface area (Å²) >= 11 is 0. The summed E-state index contributed by atoms with van der Waals surface area (Å²) < 4.78 is 0. The number of carbonyl (C=O) groups is 2. The fraction of sp³-hybridized carbons (Fsp3) is 0.273. The van der Waals surface area contributed by atoms with Gasteiger partial charge in [0.15, 0.2) is 0 Å². The van der Waals surface area contributed by atoms with Gasteiger partial charge in [0.25, 0.3) is 0 Å². The van der Waals surface area contributed by atoms with Crippen LogP contribution in [0, 0.1) is 0 Å². The van der Waals surface area contributed by atoms with Crippen molar-refractivity contribution in [3.63, 3.8) is 0 Å². The summed E-state index contributed by atoms with van der Waals surface area (Å²) in [6.07, 6.45) is 0. The number of anilines is 2. The van der Waals surface area contributed by atoms with Crippen LogP contribution in [0.4, 0.5) is 11.4 Å². The summed E-state index contributed by atoms with van der Waals surface area (Å²) in [4.78, 5) is 23.3. The van der Waals surface area contributed by atoms with Crippen molar-refractivity contribution in [3.05, 3.63) is 24.3 Å². The predicted molar refractivity (Wildman–Crippen MR) is 64.6 cm³/mol. The van der Waals surface area contributed by atoms with Crippen LogP contribution in [0.3, 0.4) is 0 Å². The van der Waals surface area contributed by atoms with Gasteiger partial charge in [-0.1, -0.05) is 0 Å². The summed E-state index contributed by atoms with van der Waals surface area (Å²) in [6, 6.07) is 6.72. The number of nitrogens with two attached hydrogens (primary N) is 1. The highest BCUT2D eigenvalue weighted by Crippen LogP contribution is 2.10. The molecule has 0 atom stereocenters. The van der Waals surface area contributed by atoms with Gasteiger partial charge in [-0.3, -0.25) is 14.5 Å². The lowest BCUT2D eigenvalue weighted by Crippen LogP contribution is -2.33. The largest absolute Gasteiger partial charge is 0.480 e. The number of aliphatic carboxylic acids is 1. The Morgan fingerprint density at radius 3 is 2.41 bits per heavy atom. The monoisotopic (exact) mass is 237 g/mol. The summed E-state index contributed by atoms with van der Waals surface area (Å²) in [6.45, 7) is -0.147. The molecule has 1 rings (SSSR count). The molecule has 0 heterocycles. The smallest absolute Gasteiger partial charge is 0.317 e. The molecule has 0 radical (unpaired) electrons. The number of carboxylic acids is 1. The predicted octanol–water partition coefficient (Wildman–Crippen LogP) is 0.224. The summed E-state index contributed by atoms with van der Waals surface area (Å²) in [7, 11) is 1.57. The van der Waals surface area contributed by atoms with Gasteiger partial charge in [-0.15, -0.1) is 0 Å². The SMILES string of the molecule is CN(CC(=O)O)CC(=O)Nc1ccc(N)cc1. The molecule has 0 saturated carbocycles. The molecule has 0 aromatic heterocycles. The Morgan fingerprint density at radius 1 is 1.29 bits per heavy atom. The third kappa shape index (κ3) is 4.98. The fourth-order valence-corrected chi connectivity index (χ4v) is 1.30. The van der Waals surface area contributed by atoms with E-state index in [1.54, 1.807) is 31.3 Å². The molecule has 0 aliphatic carbocycles. The number of likely N-dealkylation sites (N-methyl/N-ethyl adjacent to an activating group) is 1. The second-order valence-corrected chi connectivity index (χ2v) is 3.74. The normalized spacial score (nSPS) is 10.2. The van der Waals surface area contributed by atoms with E-state index in [0.29, 0.717) is 11.4 Å². The van der Waals surface area contributed by atoms with Crippen LogP contribution in [-0.4, -0.2) is 42.0 Å². The Kier molecular flexibility index (Phi) is 4.47. The van der Waals surface area contributed by atoms with E-state index in [2.05, 4.69) is 5.32 Å². The molecule has 1 aromatic rings. The first-order chi connectivity index (χ1) is 7.97. The standard InChI is InChI=1S/C11H15N3O3/c1-14(7-11(16)17)6-10(15)13-9-4-2-8(12)3-5-9/h2-5H,6-7,12H2,1H3,(H,13,15)(H,16,17). The zero-order valence-corrected chi connectivity index (χ0v) is 9.51. The molecule has 6 heteroatoms. The third-order valence-electron chi connectivity index (χ3n) is 2.01. The molecular formula is C11H15N3O3. The van der Waals surface area contributed by atoms with E-state index >= 15 is 0 Å². The van der Waals surface area contributed by atoms with E-state index in [9.17, 15) is 9.59 Å². The van der Waals surface area contributed by atoms with Crippen LogP contribution in [-0.2, 0) is 9.59 Å². The number of hydrogen-bond acceptors (Lipinski definition) is 4. The van der Waals surface area contributed by atoms with E-state index in [4.69, 9.17) is 10.8 Å². The lowest BCUT2D eigenvalue weighted by molar-refractivity contribution is -0.138. The number of nitrogens with zero attached hydrogens (tertiary/aromatic N) is 1. The molecule has 1 aromatic carbocycles. The maximum atomic E-state index is 11.5. The quantitative estimate of drug-likeness (QED) is 0.637. The molecule has 0 unspecified atom stereocenters. The molecule has 4 N–H and O–H groups in total. The lowest BCUT2D eigenvalue weighted by Gasteiger charge is -2.13. The Labute approximate surface area is 99.0 Å². The minimum atomic E-state index is -0.965. The van der Waals surface area contributed by atoms with Crippen molar-refractivity contribution < 1.29 is 14.7 Å². The number of carbonyl (C=O) groups excluding carboxylic acids is 1.